The van der Waals surface area contributed by atoms with E-state index in [2.05, 4.69) is 12.6 Å². The van der Waals surface area contributed by atoms with Crippen LogP contribution in [-0.4, -0.2) is 6.67 Å². The van der Waals surface area contributed by atoms with Crippen molar-refractivity contribution in [2.24, 2.45) is 0 Å². The second-order valence-corrected chi connectivity index (χ2v) is 1.16. The zero-order valence-corrected chi connectivity index (χ0v) is 4.29. The van der Waals surface area contributed by atoms with E-state index in [9.17, 15) is 4.39 Å². The predicted molar refractivity (Wildman–Crippen MR) is 28.7 cm³/mol. The first-order chi connectivity index (χ1) is 2.91. The highest BCUT2D eigenvalue weighted by molar-refractivity contribution is 7.83. The smallest absolute Gasteiger partial charge is 0.0929 e. The molecule has 0 rings (SSSR count). The van der Waals surface area contributed by atoms with Crippen LogP contribution < -0.4 is 0 Å². The van der Waals surface area contributed by atoms with Gasteiger partial charge in [0, 0.05) is 0 Å². The highest BCUT2D eigenvalue weighted by atomic mass is 32.1. The highest BCUT2D eigenvalue weighted by Crippen LogP contribution is 1.83. The summed E-state index contributed by atoms with van der Waals surface area (Å²) in [6.07, 6.45) is 2.16. The maximum absolute atomic E-state index is 11.1. The SMILES string of the molecule is FCCC=CS. The average molecular weight is 106 g/mol. The van der Waals surface area contributed by atoms with Gasteiger partial charge in [-0.15, -0.1) is 0 Å². The van der Waals surface area contributed by atoms with E-state index in [0.717, 1.165) is 0 Å². The molecule has 0 unspecified atom stereocenters. The second kappa shape index (κ2) is 5.02. The van der Waals surface area contributed by atoms with Crippen molar-refractivity contribution in [3.05, 3.63) is 11.5 Å². The van der Waals surface area contributed by atoms with Crippen molar-refractivity contribution >= 4 is 12.6 Å². The topological polar surface area (TPSA) is 0 Å². The number of thiol groups is 1. The summed E-state index contributed by atoms with van der Waals surface area (Å²) in [6.45, 7) is -0.281. The fourth-order valence-electron chi connectivity index (χ4n) is 0.138. The summed E-state index contributed by atoms with van der Waals surface area (Å²) in [5, 5.41) is 1.54. The number of alkyl halides is 1. The molecule has 2 heteroatoms. The largest absolute Gasteiger partial charge is 0.251 e. The van der Waals surface area contributed by atoms with Crippen molar-refractivity contribution in [2.45, 2.75) is 6.42 Å². The Bertz CT molecular complexity index is 42.8. The average Bonchev–Trinajstić information content (AvgIpc) is 1.61. The van der Waals surface area contributed by atoms with Crippen LogP contribution in [0.1, 0.15) is 6.42 Å². The number of hydrogen-bond acceptors (Lipinski definition) is 1. The zero-order valence-electron chi connectivity index (χ0n) is 3.39. The second-order valence-electron chi connectivity index (χ2n) is 0.862. The molecular formula is C4H7FS. The van der Waals surface area contributed by atoms with Crippen molar-refractivity contribution in [3.63, 3.8) is 0 Å². The normalized spacial score (nSPS) is 10.3. The molecule has 0 radical (unpaired) electrons. The van der Waals surface area contributed by atoms with Gasteiger partial charge in [-0.3, -0.25) is 4.39 Å². The van der Waals surface area contributed by atoms with Crippen LogP contribution >= 0.6 is 12.6 Å². The first-order valence-corrected chi connectivity index (χ1v) is 2.28. The van der Waals surface area contributed by atoms with Crippen LogP contribution in [0, 0.1) is 0 Å². The molecule has 0 aliphatic heterocycles. The van der Waals surface area contributed by atoms with Gasteiger partial charge < -0.3 is 0 Å². The van der Waals surface area contributed by atoms with E-state index in [-0.39, 0.29) is 6.67 Å². The molecule has 36 valence electrons. The van der Waals surface area contributed by atoms with E-state index in [0.29, 0.717) is 6.42 Å². The Kier molecular flexibility index (Phi) is 5.04. The third-order valence-electron chi connectivity index (χ3n) is 0.381. The summed E-state index contributed by atoms with van der Waals surface area (Å²) in [5.74, 6) is 0. The number of rotatable bonds is 2. The van der Waals surface area contributed by atoms with E-state index >= 15 is 0 Å². The summed E-state index contributed by atoms with van der Waals surface area (Å²) in [5.41, 5.74) is 0. The van der Waals surface area contributed by atoms with Gasteiger partial charge in [-0.2, -0.15) is 12.6 Å². The van der Waals surface area contributed by atoms with Crippen molar-refractivity contribution < 1.29 is 4.39 Å². The van der Waals surface area contributed by atoms with E-state index in [1.54, 1.807) is 11.5 Å². The summed E-state index contributed by atoms with van der Waals surface area (Å²) in [7, 11) is 0. The fourth-order valence-corrected chi connectivity index (χ4v) is 0.287. The van der Waals surface area contributed by atoms with Crippen molar-refractivity contribution in [2.75, 3.05) is 6.67 Å². The quantitative estimate of drug-likeness (QED) is 0.510. The van der Waals surface area contributed by atoms with Crippen LogP contribution in [0.3, 0.4) is 0 Å². The Hall–Kier alpha value is 0.0200. The molecule has 0 N–H and O–H groups in total. The molecule has 0 saturated heterocycles. The number of allylic oxidation sites excluding steroid dienone is 1. The Morgan fingerprint density at radius 3 is 2.50 bits per heavy atom. The van der Waals surface area contributed by atoms with Gasteiger partial charge >= 0.3 is 0 Å². The van der Waals surface area contributed by atoms with Crippen LogP contribution in [0.2, 0.25) is 0 Å². The molecule has 0 atom stereocenters. The molecule has 0 saturated carbocycles. The van der Waals surface area contributed by atoms with Gasteiger partial charge in [-0.25, -0.2) is 0 Å². The molecule has 0 aliphatic rings. The molecular weight excluding hydrogens is 99.1 g/mol. The summed E-state index contributed by atoms with van der Waals surface area (Å²) >= 11 is 3.71. The van der Waals surface area contributed by atoms with Crippen LogP contribution in [0.25, 0.3) is 0 Å². The first kappa shape index (κ1) is 6.02. The zero-order chi connectivity index (χ0) is 4.83. The Balaban J connectivity index is 2.66. The molecule has 0 heterocycles. The highest BCUT2D eigenvalue weighted by Gasteiger charge is 1.68. The lowest BCUT2D eigenvalue weighted by Crippen LogP contribution is -1.63. The summed E-state index contributed by atoms with van der Waals surface area (Å²) in [4.78, 5) is 0. The molecule has 0 fully saturated rings. The molecule has 0 nitrogen and oxygen atoms in total. The summed E-state index contributed by atoms with van der Waals surface area (Å²) < 4.78 is 11.1. The third-order valence-corrected chi connectivity index (χ3v) is 0.592. The van der Waals surface area contributed by atoms with Gasteiger partial charge in [0.1, 0.15) is 0 Å². The Morgan fingerprint density at radius 1 is 1.67 bits per heavy atom. The molecule has 0 bridgehead atoms. The third kappa shape index (κ3) is 4.02. The van der Waals surface area contributed by atoms with Gasteiger partial charge in [0.05, 0.1) is 6.67 Å². The number of halogens is 1. The van der Waals surface area contributed by atoms with Gasteiger partial charge in [0.25, 0.3) is 0 Å². The van der Waals surface area contributed by atoms with Gasteiger partial charge in [-0.05, 0) is 11.8 Å². The van der Waals surface area contributed by atoms with E-state index in [4.69, 9.17) is 0 Å². The standard InChI is InChI=1S/C4H7FS/c5-3-1-2-4-6/h2,4,6H,1,3H2. The maximum Gasteiger partial charge on any atom is 0.0929 e. The minimum Gasteiger partial charge on any atom is -0.251 e. The van der Waals surface area contributed by atoms with Crippen LogP contribution in [0.15, 0.2) is 11.5 Å². The van der Waals surface area contributed by atoms with Gasteiger partial charge in [0.2, 0.25) is 0 Å². The molecule has 0 aromatic rings. The summed E-state index contributed by atoms with van der Waals surface area (Å²) in [6, 6.07) is 0. The molecule has 0 aromatic heterocycles. The lowest BCUT2D eigenvalue weighted by atomic mass is 10.5. The predicted octanol–water partition coefficient (Wildman–Crippen LogP) is 1.79. The first-order valence-electron chi connectivity index (χ1n) is 1.77. The minimum absolute atomic E-state index is 0.281. The lowest BCUT2D eigenvalue weighted by molar-refractivity contribution is 0.501. The van der Waals surface area contributed by atoms with E-state index in [1.807, 2.05) is 0 Å². The van der Waals surface area contributed by atoms with Crippen LogP contribution in [0.4, 0.5) is 4.39 Å². The van der Waals surface area contributed by atoms with Crippen molar-refractivity contribution in [3.8, 4) is 0 Å². The Morgan fingerprint density at radius 2 is 2.33 bits per heavy atom. The molecule has 0 aromatic carbocycles. The lowest BCUT2D eigenvalue weighted by Gasteiger charge is -1.73. The number of hydrogen-bond donors (Lipinski definition) is 1. The van der Waals surface area contributed by atoms with E-state index in [1.165, 1.54) is 0 Å². The Labute approximate surface area is 42.5 Å². The molecule has 6 heavy (non-hydrogen) atoms. The molecule has 0 spiro atoms. The monoisotopic (exact) mass is 106 g/mol. The van der Waals surface area contributed by atoms with Crippen LogP contribution in [-0.2, 0) is 0 Å². The molecule has 0 amide bonds. The van der Waals surface area contributed by atoms with Gasteiger partial charge in [-0.1, -0.05) is 6.08 Å². The van der Waals surface area contributed by atoms with Crippen molar-refractivity contribution in [1.82, 2.24) is 0 Å². The minimum atomic E-state index is -0.281. The van der Waals surface area contributed by atoms with Crippen LogP contribution in [0.5, 0.6) is 0 Å². The fraction of sp³-hybridized carbons (Fsp3) is 0.500. The van der Waals surface area contributed by atoms with Crippen molar-refractivity contribution in [1.29, 1.82) is 0 Å². The van der Waals surface area contributed by atoms with Gasteiger partial charge in [0.15, 0.2) is 0 Å². The maximum atomic E-state index is 11.1. The molecule has 0 aliphatic carbocycles. The van der Waals surface area contributed by atoms with E-state index < -0.39 is 0 Å².